The molecule has 2 N–H and O–H groups in total. The Bertz CT molecular complexity index is 304. The number of hydrogen-bond acceptors (Lipinski definition) is 1. The van der Waals surface area contributed by atoms with Gasteiger partial charge in [0.05, 0.1) is 0 Å². The minimum atomic E-state index is 0.335. The molecular formula is C11H15N. The Morgan fingerprint density at radius 1 is 1.42 bits per heavy atom. The summed E-state index contributed by atoms with van der Waals surface area (Å²) < 4.78 is 0. The van der Waals surface area contributed by atoms with Crippen LogP contribution >= 0.6 is 0 Å². The average molecular weight is 161 g/mol. The van der Waals surface area contributed by atoms with Crippen molar-refractivity contribution in [2.75, 3.05) is 0 Å². The molecule has 0 amide bonds. The zero-order valence-corrected chi connectivity index (χ0v) is 7.67. The van der Waals surface area contributed by atoms with E-state index in [4.69, 9.17) is 5.73 Å². The zero-order chi connectivity index (χ0) is 8.72. The normalized spacial score (nSPS) is 27.2. The monoisotopic (exact) mass is 161 g/mol. The van der Waals surface area contributed by atoms with Crippen molar-refractivity contribution in [3.05, 3.63) is 34.9 Å². The molecule has 1 nitrogen and oxygen atoms in total. The van der Waals surface area contributed by atoms with Crippen LogP contribution in [0.25, 0.3) is 0 Å². The van der Waals surface area contributed by atoms with E-state index in [1.807, 2.05) is 0 Å². The van der Waals surface area contributed by atoms with Gasteiger partial charge < -0.3 is 5.73 Å². The van der Waals surface area contributed by atoms with Crippen LogP contribution in [0.4, 0.5) is 0 Å². The van der Waals surface area contributed by atoms with Gasteiger partial charge in [-0.1, -0.05) is 30.7 Å². The Hall–Kier alpha value is -0.820. The highest BCUT2D eigenvalue weighted by atomic mass is 14.7. The molecule has 0 aliphatic heterocycles. The average Bonchev–Trinajstić information content (AvgIpc) is 2.28. The molecule has 0 saturated heterocycles. The summed E-state index contributed by atoms with van der Waals surface area (Å²) in [6.07, 6.45) is 1.05. The highest BCUT2D eigenvalue weighted by Gasteiger charge is 2.25. The Labute approximate surface area is 73.6 Å². The second-order valence-electron chi connectivity index (χ2n) is 3.86. The molecular weight excluding hydrogens is 146 g/mol. The molecule has 1 aliphatic carbocycles. The van der Waals surface area contributed by atoms with Crippen LogP contribution in [-0.4, -0.2) is 6.04 Å². The Balaban J connectivity index is 2.47. The van der Waals surface area contributed by atoms with Crippen LogP contribution in [0, 0.1) is 6.92 Å². The lowest BCUT2D eigenvalue weighted by Crippen LogP contribution is -2.22. The number of fused-ring (bicyclic) bond motifs is 1. The Morgan fingerprint density at radius 2 is 2.17 bits per heavy atom. The summed E-state index contributed by atoms with van der Waals surface area (Å²) in [7, 11) is 0. The molecule has 2 atom stereocenters. The highest BCUT2D eigenvalue weighted by Crippen LogP contribution is 2.31. The number of nitrogens with two attached hydrogens (primary N) is 1. The molecule has 0 heterocycles. The van der Waals surface area contributed by atoms with Crippen LogP contribution in [-0.2, 0) is 6.42 Å². The predicted molar refractivity (Wildman–Crippen MR) is 51.3 cm³/mol. The predicted octanol–water partition coefficient (Wildman–Crippen LogP) is 1.98. The summed E-state index contributed by atoms with van der Waals surface area (Å²) in [6, 6.07) is 7.00. The Morgan fingerprint density at radius 3 is 2.92 bits per heavy atom. The van der Waals surface area contributed by atoms with Gasteiger partial charge >= 0.3 is 0 Å². The van der Waals surface area contributed by atoms with Gasteiger partial charge in [0.2, 0.25) is 0 Å². The summed E-state index contributed by atoms with van der Waals surface area (Å²) in [5.41, 5.74) is 10.2. The number of aryl methyl sites for hydroxylation is 1. The molecule has 0 saturated carbocycles. The lowest BCUT2D eigenvalue weighted by Gasteiger charge is -2.08. The van der Waals surface area contributed by atoms with Crippen LogP contribution in [0.1, 0.15) is 29.5 Å². The molecule has 1 heteroatoms. The quantitative estimate of drug-likeness (QED) is 0.618. The second-order valence-corrected chi connectivity index (χ2v) is 3.86. The lowest BCUT2D eigenvalue weighted by atomic mass is 10.0. The molecule has 1 aliphatic rings. The van der Waals surface area contributed by atoms with Crippen LogP contribution < -0.4 is 5.73 Å². The largest absolute Gasteiger partial charge is 0.327 e. The SMILES string of the molecule is Cc1ccc2c(c1)CC(N)C2C. The number of rotatable bonds is 0. The van der Waals surface area contributed by atoms with E-state index in [1.165, 1.54) is 16.7 Å². The van der Waals surface area contributed by atoms with Crippen LogP contribution in [0.3, 0.4) is 0 Å². The summed E-state index contributed by atoms with van der Waals surface area (Å²) in [5.74, 6) is 0.542. The van der Waals surface area contributed by atoms with E-state index in [0.717, 1.165) is 6.42 Å². The number of hydrogen-bond donors (Lipinski definition) is 1. The van der Waals surface area contributed by atoms with E-state index < -0.39 is 0 Å². The van der Waals surface area contributed by atoms with Crippen LogP contribution in [0.5, 0.6) is 0 Å². The van der Waals surface area contributed by atoms with E-state index >= 15 is 0 Å². The Kier molecular flexibility index (Phi) is 1.69. The van der Waals surface area contributed by atoms with Gasteiger partial charge in [0.15, 0.2) is 0 Å². The first-order valence-corrected chi connectivity index (χ1v) is 4.53. The molecule has 2 rings (SSSR count). The van der Waals surface area contributed by atoms with Gasteiger partial charge in [-0.25, -0.2) is 0 Å². The van der Waals surface area contributed by atoms with Gasteiger partial charge in [-0.2, -0.15) is 0 Å². The fourth-order valence-corrected chi connectivity index (χ4v) is 2.02. The van der Waals surface area contributed by atoms with Crippen LogP contribution in [0.2, 0.25) is 0 Å². The molecule has 2 unspecified atom stereocenters. The maximum atomic E-state index is 5.98. The first-order valence-electron chi connectivity index (χ1n) is 4.53. The number of benzene rings is 1. The maximum Gasteiger partial charge on any atom is 0.0146 e. The standard InChI is InChI=1S/C11H15N/c1-7-3-4-10-8(2)11(12)6-9(10)5-7/h3-5,8,11H,6,12H2,1-2H3. The molecule has 0 aromatic heterocycles. The van der Waals surface area contributed by atoms with Crippen molar-refractivity contribution < 1.29 is 0 Å². The van der Waals surface area contributed by atoms with Crippen molar-refractivity contribution in [2.24, 2.45) is 5.73 Å². The molecule has 0 bridgehead atoms. The molecule has 0 spiro atoms. The fraction of sp³-hybridized carbons (Fsp3) is 0.455. The first-order chi connectivity index (χ1) is 5.68. The summed E-state index contributed by atoms with van der Waals surface area (Å²) in [6.45, 7) is 4.35. The zero-order valence-electron chi connectivity index (χ0n) is 7.67. The van der Waals surface area contributed by atoms with E-state index in [-0.39, 0.29) is 0 Å². The van der Waals surface area contributed by atoms with Crippen molar-refractivity contribution in [3.8, 4) is 0 Å². The third kappa shape index (κ3) is 1.05. The van der Waals surface area contributed by atoms with Crippen molar-refractivity contribution in [3.63, 3.8) is 0 Å². The molecule has 64 valence electrons. The van der Waals surface area contributed by atoms with E-state index in [2.05, 4.69) is 32.0 Å². The van der Waals surface area contributed by atoms with Crippen molar-refractivity contribution in [1.82, 2.24) is 0 Å². The molecule has 0 fully saturated rings. The molecule has 0 radical (unpaired) electrons. The minimum absolute atomic E-state index is 0.335. The van der Waals surface area contributed by atoms with E-state index in [9.17, 15) is 0 Å². The minimum Gasteiger partial charge on any atom is -0.327 e. The summed E-state index contributed by atoms with van der Waals surface area (Å²) in [5, 5.41) is 0. The van der Waals surface area contributed by atoms with Crippen molar-refractivity contribution in [1.29, 1.82) is 0 Å². The van der Waals surface area contributed by atoms with Gasteiger partial charge in [0.1, 0.15) is 0 Å². The fourth-order valence-electron chi connectivity index (χ4n) is 2.02. The summed E-state index contributed by atoms with van der Waals surface area (Å²) in [4.78, 5) is 0. The molecule has 12 heavy (non-hydrogen) atoms. The van der Waals surface area contributed by atoms with Crippen molar-refractivity contribution >= 4 is 0 Å². The summed E-state index contributed by atoms with van der Waals surface area (Å²) >= 11 is 0. The van der Waals surface area contributed by atoms with Gasteiger partial charge in [-0.3, -0.25) is 0 Å². The second kappa shape index (κ2) is 2.60. The maximum absolute atomic E-state index is 5.98. The lowest BCUT2D eigenvalue weighted by molar-refractivity contribution is 0.615. The third-order valence-electron chi connectivity index (χ3n) is 2.89. The van der Waals surface area contributed by atoms with Crippen LogP contribution in [0.15, 0.2) is 18.2 Å². The molecule has 1 aromatic carbocycles. The van der Waals surface area contributed by atoms with Gasteiger partial charge in [-0.05, 0) is 30.4 Å². The first kappa shape index (κ1) is 7.81. The smallest absolute Gasteiger partial charge is 0.0146 e. The third-order valence-corrected chi connectivity index (χ3v) is 2.89. The van der Waals surface area contributed by atoms with E-state index in [1.54, 1.807) is 0 Å². The van der Waals surface area contributed by atoms with Gasteiger partial charge in [0.25, 0.3) is 0 Å². The topological polar surface area (TPSA) is 26.0 Å². The van der Waals surface area contributed by atoms with Gasteiger partial charge in [-0.15, -0.1) is 0 Å². The molecule has 1 aromatic rings. The van der Waals surface area contributed by atoms with E-state index in [0.29, 0.717) is 12.0 Å². The highest BCUT2D eigenvalue weighted by molar-refractivity contribution is 5.39. The van der Waals surface area contributed by atoms with Crippen molar-refractivity contribution in [2.45, 2.75) is 32.2 Å². The van der Waals surface area contributed by atoms with Gasteiger partial charge in [0, 0.05) is 6.04 Å².